The third-order valence-electron chi connectivity index (χ3n) is 3.73. The molecule has 0 saturated carbocycles. The lowest BCUT2D eigenvalue weighted by Gasteiger charge is -2.33. The fraction of sp³-hybridized carbons (Fsp3) is 0.667. The average molecular weight is 291 g/mol. The van der Waals surface area contributed by atoms with Crippen LogP contribution in [0.2, 0.25) is 0 Å². The van der Waals surface area contributed by atoms with Crippen LogP contribution in [0.4, 0.5) is 5.95 Å². The van der Waals surface area contributed by atoms with Crippen LogP contribution in [-0.2, 0) is 4.79 Å². The highest BCUT2D eigenvalue weighted by atomic mass is 16.1. The molecule has 6 nitrogen and oxygen atoms in total. The van der Waals surface area contributed by atoms with E-state index < -0.39 is 0 Å². The Morgan fingerprint density at radius 2 is 2.29 bits per heavy atom. The molecule has 21 heavy (non-hydrogen) atoms. The lowest BCUT2D eigenvalue weighted by atomic mass is 10.0. The highest BCUT2D eigenvalue weighted by molar-refractivity contribution is 5.77. The van der Waals surface area contributed by atoms with Crippen LogP contribution >= 0.6 is 0 Å². The van der Waals surface area contributed by atoms with Crippen molar-refractivity contribution in [3.05, 3.63) is 18.5 Å². The number of nitrogens with two attached hydrogens (primary N) is 1. The highest BCUT2D eigenvalue weighted by Gasteiger charge is 2.23. The van der Waals surface area contributed by atoms with Gasteiger partial charge in [-0.25, -0.2) is 9.97 Å². The molecule has 0 aliphatic carbocycles. The lowest BCUT2D eigenvalue weighted by Crippen LogP contribution is -2.49. The maximum absolute atomic E-state index is 12.0. The Labute approximate surface area is 126 Å². The lowest BCUT2D eigenvalue weighted by molar-refractivity contribution is -0.122. The summed E-state index contributed by atoms with van der Waals surface area (Å²) < 4.78 is 0. The Kier molecular flexibility index (Phi) is 5.92. The first kappa shape index (κ1) is 15.7. The Bertz CT molecular complexity index is 439. The minimum absolute atomic E-state index is 0.0350. The number of carbonyl (C=O) groups is 1. The summed E-state index contributed by atoms with van der Waals surface area (Å²) in [6.45, 7) is 3.78. The SMILES string of the molecule is CCCC(N)CC(=O)NC1CCCN(c2ncccn2)C1. The van der Waals surface area contributed by atoms with Crippen molar-refractivity contribution in [3.8, 4) is 0 Å². The molecule has 1 amide bonds. The van der Waals surface area contributed by atoms with E-state index in [1.807, 2.05) is 6.07 Å². The predicted molar refractivity (Wildman–Crippen MR) is 82.9 cm³/mol. The van der Waals surface area contributed by atoms with Crippen molar-refractivity contribution >= 4 is 11.9 Å². The van der Waals surface area contributed by atoms with Gasteiger partial charge < -0.3 is 16.0 Å². The summed E-state index contributed by atoms with van der Waals surface area (Å²) in [5.41, 5.74) is 5.92. The zero-order valence-electron chi connectivity index (χ0n) is 12.7. The highest BCUT2D eigenvalue weighted by Crippen LogP contribution is 2.15. The van der Waals surface area contributed by atoms with Crippen molar-refractivity contribution in [2.45, 2.75) is 51.1 Å². The maximum Gasteiger partial charge on any atom is 0.225 e. The van der Waals surface area contributed by atoms with Crippen LogP contribution in [0.1, 0.15) is 39.0 Å². The van der Waals surface area contributed by atoms with Crippen molar-refractivity contribution in [2.75, 3.05) is 18.0 Å². The van der Waals surface area contributed by atoms with E-state index in [0.29, 0.717) is 6.42 Å². The number of hydrogen-bond donors (Lipinski definition) is 2. The van der Waals surface area contributed by atoms with Crippen LogP contribution in [0.15, 0.2) is 18.5 Å². The quantitative estimate of drug-likeness (QED) is 0.819. The average Bonchev–Trinajstić information content (AvgIpc) is 2.48. The number of nitrogens with one attached hydrogen (secondary N) is 1. The molecule has 2 unspecified atom stereocenters. The van der Waals surface area contributed by atoms with E-state index in [2.05, 4.69) is 27.1 Å². The molecule has 1 aromatic heterocycles. The third kappa shape index (κ3) is 4.97. The first-order valence-corrected chi connectivity index (χ1v) is 7.76. The molecular weight excluding hydrogens is 266 g/mol. The standard InChI is InChI=1S/C15H25N5O/c1-2-5-12(16)10-14(21)19-13-6-3-9-20(11-13)15-17-7-4-8-18-15/h4,7-8,12-13H,2-3,5-6,9-11,16H2,1H3,(H,19,21). The van der Waals surface area contributed by atoms with E-state index in [-0.39, 0.29) is 18.0 Å². The molecule has 6 heteroatoms. The summed E-state index contributed by atoms with van der Waals surface area (Å²) in [6, 6.07) is 1.93. The maximum atomic E-state index is 12.0. The van der Waals surface area contributed by atoms with E-state index in [1.165, 1.54) is 0 Å². The van der Waals surface area contributed by atoms with Gasteiger partial charge in [0.25, 0.3) is 0 Å². The van der Waals surface area contributed by atoms with Crippen LogP contribution in [0.5, 0.6) is 0 Å². The second-order valence-corrected chi connectivity index (χ2v) is 5.65. The van der Waals surface area contributed by atoms with E-state index in [1.54, 1.807) is 12.4 Å². The first-order chi connectivity index (χ1) is 10.2. The minimum atomic E-state index is -0.0350. The van der Waals surface area contributed by atoms with Gasteiger partial charge in [0.2, 0.25) is 11.9 Å². The first-order valence-electron chi connectivity index (χ1n) is 7.76. The number of carbonyl (C=O) groups excluding carboxylic acids is 1. The van der Waals surface area contributed by atoms with Gasteiger partial charge in [0.15, 0.2) is 0 Å². The number of aromatic nitrogens is 2. The molecule has 2 rings (SSSR count). The molecule has 0 aromatic carbocycles. The van der Waals surface area contributed by atoms with Gasteiger partial charge >= 0.3 is 0 Å². The summed E-state index contributed by atoms with van der Waals surface area (Å²) in [5, 5.41) is 3.09. The normalized spacial score (nSPS) is 20.1. The predicted octanol–water partition coefficient (Wildman–Crippen LogP) is 1.08. The van der Waals surface area contributed by atoms with E-state index in [9.17, 15) is 4.79 Å². The summed E-state index contributed by atoms with van der Waals surface area (Å²) in [7, 11) is 0. The largest absolute Gasteiger partial charge is 0.352 e. The monoisotopic (exact) mass is 291 g/mol. The molecule has 0 radical (unpaired) electrons. The molecule has 2 heterocycles. The van der Waals surface area contributed by atoms with Gasteiger partial charge in [-0.15, -0.1) is 0 Å². The number of hydrogen-bond acceptors (Lipinski definition) is 5. The summed E-state index contributed by atoms with van der Waals surface area (Å²) in [6.07, 6.45) is 7.83. The van der Waals surface area contributed by atoms with Crippen LogP contribution < -0.4 is 16.0 Å². The van der Waals surface area contributed by atoms with E-state index in [4.69, 9.17) is 5.73 Å². The molecule has 1 aromatic rings. The van der Waals surface area contributed by atoms with Crippen LogP contribution in [0.3, 0.4) is 0 Å². The molecule has 1 saturated heterocycles. The topological polar surface area (TPSA) is 84.1 Å². The fourth-order valence-corrected chi connectivity index (χ4v) is 2.73. The number of piperidine rings is 1. The molecule has 1 aliphatic rings. The molecule has 2 atom stereocenters. The second kappa shape index (κ2) is 7.93. The van der Waals surface area contributed by atoms with Gasteiger partial charge in [-0.2, -0.15) is 0 Å². The van der Waals surface area contributed by atoms with Gasteiger partial charge in [0.05, 0.1) is 0 Å². The number of nitrogens with zero attached hydrogens (tertiary/aromatic N) is 3. The summed E-state index contributed by atoms with van der Waals surface area (Å²) >= 11 is 0. The second-order valence-electron chi connectivity index (χ2n) is 5.65. The van der Waals surface area contributed by atoms with Crippen LogP contribution in [-0.4, -0.2) is 41.0 Å². The van der Waals surface area contributed by atoms with Gasteiger partial charge in [-0.3, -0.25) is 4.79 Å². The molecular formula is C15H25N5O. The van der Waals surface area contributed by atoms with Crippen LogP contribution in [0, 0.1) is 0 Å². The van der Waals surface area contributed by atoms with Crippen molar-refractivity contribution in [2.24, 2.45) is 5.73 Å². The van der Waals surface area contributed by atoms with Crippen molar-refractivity contribution < 1.29 is 4.79 Å². The van der Waals surface area contributed by atoms with E-state index >= 15 is 0 Å². The summed E-state index contributed by atoms with van der Waals surface area (Å²) in [4.78, 5) is 22.7. The van der Waals surface area contributed by atoms with Gasteiger partial charge in [0, 0.05) is 44.0 Å². The molecule has 0 bridgehead atoms. The van der Waals surface area contributed by atoms with Gasteiger partial charge in [-0.05, 0) is 25.3 Å². The van der Waals surface area contributed by atoms with Crippen LogP contribution in [0.25, 0.3) is 0 Å². The Hall–Kier alpha value is -1.69. The Balaban J connectivity index is 1.83. The van der Waals surface area contributed by atoms with Crippen molar-refractivity contribution in [3.63, 3.8) is 0 Å². The van der Waals surface area contributed by atoms with Gasteiger partial charge in [0.1, 0.15) is 0 Å². The molecule has 1 fully saturated rings. The number of anilines is 1. The fourth-order valence-electron chi connectivity index (χ4n) is 2.73. The third-order valence-corrected chi connectivity index (χ3v) is 3.73. The molecule has 116 valence electrons. The van der Waals surface area contributed by atoms with Crippen molar-refractivity contribution in [1.82, 2.24) is 15.3 Å². The number of amides is 1. The van der Waals surface area contributed by atoms with Gasteiger partial charge in [-0.1, -0.05) is 13.3 Å². The Morgan fingerprint density at radius 3 is 3.00 bits per heavy atom. The smallest absolute Gasteiger partial charge is 0.225 e. The minimum Gasteiger partial charge on any atom is -0.352 e. The van der Waals surface area contributed by atoms with Crippen molar-refractivity contribution in [1.29, 1.82) is 0 Å². The Morgan fingerprint density at radius 1 is 1.52 bits per heavy atom. The number of rotatable bonds is 6. The summed E-state index contributed by atoms with van der Waals surface area (Å²) in [5.74, 6) is 0.788. The van der Waals surface area contributed by atoms with E-state index in [0.717, 1.165) is 44.7 Å². The molecule has 3 N–H and O–H groups in total. The zero-order valence-corrected chi connectivity index (χ0v) is 12.7. The molecule has 0 spiro atoms. The zero-order chi connectivity index (χ0) is 15.1. The molecule has 1 aliphatic heterocycles.